The molecule has 4 aromatic rings. The number of carbonyl (C=O) groups is 1. The van der Waals surface area contributed by atoms with Crippen molar-refractivity contribution in [1.29, 1.82) is 0 Å². The molecule has 3 heterocycles. The number of aromatic amines is 1. The van der Waals surface area contributed by atoms with Crippen LogP contribution in [-0.2, 0) is 7.05 Å². The maximum absolute atomic E-state index is 12.4. The second kappa shape index (κ2) is 5.42. The van der Waals surface area contributed by atoms with Gasteiger partial charge >= 0.3 is 0 Å². The first kappa shape index (κ1) is 14.3. The Morgan fingerprint density at radius 2 is 2.12 bits per heavy atom. The first-order chi connectivity index (χ1) is 11.6. The van der Waals surface area contributed by atoms with Gasteiger partial charge in [0, 0.05) is 18.4 Å². The van der Waals surface area contributed by atoms with E-state index in [1.807, 2.05) is 61.0 Å². The van der Waals surface area contributed by atoms with Gasteiger partial charge in [0.25, 0.3) is 5.91 Å². The number of H-pyrrole nitrogens is 1. The first-order valence-corrected chi connectivity index (χ1v) is 7.59. The van der Waals surface area contributed by atoms with E-state index in [9.17, 15) is 4.79 Å². The van der Waals surface area contributed by atoms with Crippen LogP contribution >= 0.6 is 0 Å². The number of aryl methyl sites for hydroxylation is 1. The summed E-state index contributed by atoms with van der Waals surface area (Å²) in [5.74, 6) is 1.20. The fourth-order valence-corrected chi connectivity index (χ4v) is 2.65. The maximum Gasteiger partial charge on any atom is 0.272 e. The average Bonchev–Trinajstić information content (AvgIpc) is 3.28. The summed E-state index contributed by atoms with van der Waals surface area (Å²) in [5.41, 5.74) is 4.01. The lowest BCUT2D eigenvalue weighted by Gasteiger charge is -2.07. The summed E-state index contributed by atoms with van der Waals surface area (Å²) in [4.78, 5) is 20.1. The van der Waals surface area contributed by atoms with Crippen LogP contribution in [0.4, 0.5) is 5.69 Å². The van der Waals surface area contributed by atoms with Gasteiger partial charge in [-0.2, -0.15) is 0 Å². The number of furan rings is 1. The number of nitrogens with one attached hydrogen (secondary N) is 2. The number of aromatic nitrogens is 3. The Morgan fingerprint density at radius 1 is 1.25 bits per heavy atom. The molecule has 0 fully saturated rings. The lowest BCUT2D eigenvalue weighted by atomic mass is 10.2. The van der Waals surface area contributed by atoms with Crippen LogP contribution in [0.25, 0.3) is 22.6 Å². The van der Waals surface area contributed by atoms with E-state index < -0.39 is 0 Å². The van der Waals surface area contributed by atoms with E-state index >= 15 is 0 Å². The quantitative estimate of drug-likeness (QED) is 0.604. The Morgan fingerprint density at radius 3 is 2.83 bits per heavy atom. The predicted molar refractivity (Wildman–Crippen MR) is 91.9 cm³/mol. The number of anilines is 1. The van der Waals surface area contributed by atoms with Crippen molar-refractivity contribution in [2.45, 2.75) is 6.92 Å². The highest BCUT2D eigenvalue weighted by Crippen LogP contribution is 2.23. The van der Waals surface area contributed by atoms with Crippen LogP contribution in [0.15, 0.2) is 53.1 Å². The zero-order chi connectivity index (χ0) is 16.7. The molecule has 1 amide bonds. The lowest BCUT2D eigenvalue weighted by Crippen LogP contribution is -2.15. The van der Waals surface area contributed by atoms with Gasteiger partial charge in [-0.3, -0.25) is 4.79 Å². The first-order valence-electron chi connectivity index (χ1n) is 7.59. The Hall–Kier alpha value is -3.28. The van der Waals surface area contributed by atoms with Gasteiger partial charge in [0.1, 0.15) is 5.69 Å². The summed E-state index contributed by atoms with van der Waals surface area (Å²) in [6, 6.07) is 13.0. The van der Waals surface area contributed by atoms with Crippen molar-refractivity contribution in [3.63, 3.8) is 0 Å². The van der Waals surface area contributed by atoms with Gasteiger partial charge in [0.15, 0.2) is 11.6 Å². The standard InChI is InChI=1S/C18H16N4O2/c1-11-5-8-15(22(11)2)18(23)19-12-6-7-13-14(10-12)21-17(20-13)16-4-3-9-24-16/h3-10H,1-2H3,(H,19,23)(H,20,21). The van der Waals surface area contributed by atoms with Crippen LogP contribution < -0.4 is 5.32 Å². The minimum atomic E-state index is -0.143. The Bertz CT molecular complexity index is 1020. The van der Waals surface area contributed by atoms with Crippen LogP contribution in [-0.4, -0.2) is 20.4 Å². The van der Waals surface area contributed by atoms with E-state index in [2.05, 4.69) is 15.3 Å². The molecule has 0 bridgehead atoms. The molecule has 0 unspecified atom stereocenters. The van der Waals surface area contributed by atoms with E-state index in [1.54, 1.807) is 6.26 Å². The van der Waals surface area contributed by atoms with Gasteiger partial charge in [0.05, 0.1) is 17.3 Å². The fraction of sp³-hybridized carbons (Fsp3) is 0.111. The van der Waals surface area contributed by atoms with Crippen molar-refractivity contribution in [3.8, 4) is 11.6 Å². The number of hydrogen-bond acceptors (Lipinski definition) is 3. The third-order valence-corrected chi connectivity index (χ3v) is 4.10. The molecule has 6 heteroatoms. The highest BCUT2D eigenvalue weighted by molar-refractivity contribution is 6.04. The molecule has 0 spiro atoms. The lowest BCUT2D eigenvalue weighted by molar-refractivity contribution is 0.101. The van der Waals surface area contributed by atoms with E-state index in [0.29, 0.717) is 23.0 Å². The van der Waals surface area contributed by atoms with Gasteiger partial charge in [-0.1, -0.05) is 0 Å². The minimum absolute atomic E-state index is 0.143. The summed E-state index contributed by atoms with van der Waals surface area (Å²) in [5, 5.41) is 2.92. The van der Waals surface area contributed by atoms with Crippen molar-refractivity contribution in [3.05, 3.63) is 60.1 Å². The molecule has 2 N–H and O–H groups in total. The smallest absolute Gasteiger partial charge is 0.272 e. The Labute approximate surface area is 138 Å². The Kier molecular flexibility index (Phi) is 3.23. The average molecular weight is 320 g/mol. The topological polar surface area (TPSA) is 75.8 Å². The number of hydrogen-bond donors (Lipinski definition) is 2. The number of imidazole rings is 1. The van der Waals surface area contributed by atoms with Crippen molar-refractivity contribution >= 4 is 22.6 Å². The molecule has 0 saturated carbocycles. The third kappa shape index (κ3) is 2.38. The zero-order valence-electron chi connectivity index (χ0n) is 13.3. The second-order valence-corrected chi connectivity index (χ2v) is 5.67. The minimum Gasteiger partial charge on any atom is -0.461 e. The predicted octanol–water partition coefficient (Wildman–Crippen LogP) is 3.72. The van der Waals surface area contributed by atoms with Gasteiger partial charge in [-0.05, 0) is 49.4 Å². The molecule has 3 aromatic heterocycles. The molecule has 4 rings (SSSR count). The van der Waals surface area contributed by atoms with Gasteiger partial charge in [-0.25, -0.2) is 4.98 Å². The molecule has 6 nitrogen and oxygen atoms in total. The van der Waals surface area contributed by atoms with Crippen LogP contribution in [0, 0.1) is 6.92 Å². The van der Waals surface area contributed by atoms with Crippen LogP contribution in [0.3, 0.4) is 0 Å². The van der Waals surface area contributed by atoms with E-state index in [-0.39, 0.29) is 5.91 Å². The monoisotopic (exact) mass is 320 g/mol. The second-order valence-electron chi connectivity index (χ2n) is 5.67. The van der Waals surface area contributed by atoms with Crippen molar-refractivity contribution in [1.82, 2.24) is 14.5 Å². The summed E-state index contributed by atoms with van der Waals surface area (Å²) in [6.45, 7) is 1.96. The Balaban J connectivity index is 1.63. The SMILES string of the molecule is Cc1ccc(C(=O)Nc2ccc3nc(-c4ccco4)[nH]c3c2)n1C. The van der Waals surface area contributed by atoms with E-state index in [0.717, 1.165) is 16.7 Å². The molecule has 0 saturated heterocycles. The fourth-order valence-electron chi connectivity index (χ4n) is 2.65. The molecule has 0 aliphatic heterocycles. The zero-order valence-corrected chi connectivity index (χ0v) is 13.3. The molecule has 0 aliphatic rings. The van der Waals surface area contributed by atoms with Crippen molar-refractivity contribution in [2.24, 2.45) is 7.05 Å². The normalized spacial score (nSPS) is 11.1. The van der Waals surface area contributed by atoms with Gasteiger partial charge < -0.3 is 19.3 Å². The van der Waals surface area contributed by atoms with E-state index in [4.69, 9.17) is 4.42 Å². The number of fused-ring (bicyclic) bond motifs is 1. The highest BCUT2D eigenvalue weighted by Gasteiger charge is 2.12. The molecule has 1 aromatic carbocycles. The summed E-state index contributed by atoms with van der Waals surface area (Å²) in [7, 11) is 1.87. The summed E-state index contributed by atoms with van der Waals surface area (Å²) < 4.78 is 7.21. The van der Waals surface area contributed by atoms with Crippen molar-refractivity contribution in [2.75, 3.05) is 5.32 Å². The number of nitrogens with zero attached hydrogens (tertiary/aromatic N) is 2. The van der Waals surface area contributed by atoms with Crippen LogP contribution in [0.1, 0.15) is 16.2 Å². The third-order valence-electron chi connectivity index (χ3n) is 4.10. The van der Waals surface area contributed by atoms with Gasteiger partial charge in [0.2, 0.25) is 0 Å². The van der Waals surface area contributed by atoms with E-state index in [1.165, 1.54) is 0 Å². The molecule has 0 atom stereocenters. The molecular weight excluding hydrogens is 304 g/mol. The molecule has 0 aliphatic carbocycles. The van der Waals surface area contributed by atoms with Gasteiger partial charge in [-0.15, -0.1) is 0 Å². The molecule has 120 valence electrons. The molecule has 24 heavy (non-hydrogen) atoms. The number of benzene rings is 1. The number of rotatable bonds is 3. The number of carbonyl (C=O) groups excluding carboxylic acids is 1. The highest BCUT2D eigenvalue weighted by atomic mass is 16.3. The molecule has 0 radical (unpaired) electrons. The largest absolute Gasteiger partial charge is 0.461 e. The van der Waals surface area contributed by atoms with Crippen molar-refractivity contribution < 1.29 is 9.21 Å². The van der Waals surface area contributed by atoms with Crippen LogP contribution in [0.5, 0.6) is 0 Å². The summed E-state index contributed by atoms with van der Waals surface area (Å²) >= 11 is 0. The number of amides is 1. The molecular formula is C18H16N4O2. The maximum atomic E-state index is 12.4. The van der Waals surface area contributed by atoms with Crippen LogP contribution in [0.2, 0.25) is 0 Å². The summed E-state index contributed by atoms with van der Waals surface area (Å²) in [6.07, 6.45) is 1.61.